The van der Waals surface area contributed by atoms with Gasteiger partial charge in [0.25, 0.3) is 11.8 Å². The maximum absolute atomic E-state index is 14.8. The highest BCUT2D eigenvalue weighted by Gasteiger charge is 2.57. The van der Waals surface area contributed by atoms with Gasteiger partial charge in [0.05, 0.1) is 20.3 Å². The van der Waals surface area contributed by atoms with Crippen molar-refractivity contribution in [2.75, 3.05) is 25.2 Å². The summed E-state index contributed by atoms with van der Waals surface area (Å²) >= 11 is 0. The molecule has 10 nitrogen and oxygen atoms in total. The van der Waals surface area contributed by atoms with E-state index < -0.39 is 11.6 Å². The molecule has 232 valence electrons. The predicted molar refractivity (Wildman–Crippen MR) is 171 cm³/mol. The number of hydrogen-bond donors (Lipinski definition) is 1. The zero-order chi connectivity index (χ0) is 31.5. The Morgan fingerprint density at radius 3 is 2.39 bits per heavy atom. The van der Waals surface area contributed by atoms with E-state index in [9.17, 15) is 4.79 Å². The molecule has 0 unspecified atom stereocenters. The van der Waals surface area contributed by atoms with E-state index in [0.29, 0.717) is 42.8 Å². The van der Waals surface area contributed by atoms with Gasteiger partial charge in [-0.25, -0.2) is 4.99 Å². The summed E-state index contributed by atoms with van der Waals surface area (Å²) in [5, 5.41) is 13.3. The van der Waals surface area contributed by atoms with Gasteiger partial charge in [-0.3, -0.25) is 4.79 Å². The first kappa shape index (κ1) is 29.2. The van der Waals surface area contributed by atoms with Crippen LogP contribution in [-0.4, -0.2) is 52.9 Å². The molecule has 2 atom stereocenters. The largest absolute Gasteiger partial charge is 0.497 e. The average molecular weight is 617 g/mol. The third-order valence-corrected chi connectivity index (χ3v) is 8.20. The Morgan fingerprint density at radius 2 is 1.63 bits per heavy atom. The Bertz CT molecular complexity index is 1860. The van der Waals surface area contributed by atoms with E-state index in [-0.39, 0.29) is 19.1 Å². The third-order valence-electron chi connectivity index (χ3n) is 8.20. The number of anilines is 1. The van der Waals surface area contributed by atoms with Gasteiger partial charge in [0.15, 0.2) is 17.5 Å². The van der Waals surface area contributed by atoms with Crippen molar-refractivity contribution in [2.24, 2.45) is 4.99 Å². The van der Waals surface area contributed by atoms with Crippen LogP contribution in [0.1, 0.15) is 35.0 Å². The summed E-state index contributed by atoms with van der Waals surface area (Å²) in [7, 11) is 1.61. The van der Waals surface area contributed by atoms with Crippen LogP contribution in [0.4, 0.5) is 5.69 Å². The first-order valence-electron chi connectivity index (χ1n) is 15.1. The lowest BCUT2D eigenvalue weighted by molar-refractivity contribution is -0.127. The number of rotatable bonds is 10. The third kappa shape index (κ3) is 5.48. The average Bonchev–Trinajstić information content (AvgIpc) is 3.73. The van der Waals surface area contributed by atoms with Gasteiger partial charge in [-0.1, -0.05) is 53.7 Å². The molecule has 0 saturated heterocycles. The Morgan fingerprint density at radius 1 is 0.913 bits per heavy atom. The lowest BCUT2D eigenvalue weighted by atomic mass is 9.78. The number of benzene rings is 4. The highest BCUT2D eigenvalue weighted by Crippen LogP contribution is 2.48. The van der Waals surface area contributed by atoms with Crippen molar-refractivity contribution in [2.45, 2.75) is 31.0 Å². The number of fused-ring (bicyclic) bond motifs is 1. The number of amides is 1. The maximum atomic E-state index is 14.8. The van der Waals surface area contributed by atoms with E-state index >= 15 is 0 Å². The summed E-state index contributed by atoms with van der Waals surface area (Å²) in [6.07, 6.45) is 0.228. The van der Waals surface area contributed by atoms with Crippen LogP contribution in [0.5, 0.6) is 11.5 Å². The molecule has 2 aliphatic rings. The number of nitrogens with zero attached hydrogens (tertiary/aromatic N) is 4. The minimum absolute atomic E-state index is 0.0659. The minimum atomic E-state index is -1.27. The molecule has 0 saturated carbocycles. The van der Waals surface area contributed by atoms with Crippen molar-refractivity contribution in [3.63, 3.8) is 0 Å². The van der Waals surface area contributed by atoms with E-state index in [2.05, 4.69) is 10.1 Å². The molecular formula is C36H32N4O6. The van der Waals surface area contributed by atoms with Crippen LogP contribution < -0.4 is 14.4 Å². The number of aliphatic hydroxyl groups is 1. The Hall–Kier alpha value is -5.48. The molecule has 0 aliphatic carbocycles. The molecule has 5 aromatic rings. The van der Waals surface area contributed by atoms with Crippen LogP contribution in [0.15, 0.2) is 113 Å². The van der Waals surface area contributed by atoms with Crippen LogP contribution in [0, 0.1) is 0 Å². The summed E-state index contributed by atoms with van der Waals surface area (Å²) in [6, 6.07) is 32.3. The zero-order valence-electron chi connectivity index (χ0n) is 25.2. The molecular weight excluding hydrogens is 584 g/mol. The van der Waals surface area contributed by atoms with Crippen molar-refractivity contribution in [1.29, 1.82) is 0 Å². The number of hydrogen-bond acceptors (Lipinski definition) is 9. The van der Waals surface area contributed by atoms with E-state index in [0.717, 1.165) is 33.7 Å². The fourth-order valence-corrected chi connectivity index (χ4v) is 5.92. The number of ether oxygens (including phenoxy) is 3. The first-order valence-corrected chi connectivity index (χ1v) is 15.1. The smallest absolute Gasteiger partial charge is 0.260 e. The molecule has 1 aromatic heterocycles. The zero-order valence-corrected chi connectivity index (χ0v) is 25.2. The highest BCUT2D eigenvalue weighted by atomic mass is 16.5. The topological polar surface area (TPSA) is 120 Å². The second-order valence-electron chi connectivity index (χ2n) is 11.1. The van der Waals surface area contributed by atoms with Crippen molar-refractivity contribution >= 4 is 17.5 Å². The van der Waals surface area contributed by atoms with E-state index in [1.165, 1.54) is 0 Å². The number of aliphatic imine (C=N–C) groups is 1. The first-order chi connectivity index (χ1) is 22.6. The second-order valence-corrected chi connectivity index (χ2v) is 11.1. The van der Waals surface area contributed by atoms with Gasteiger partial charge in [-0.15, -0.1) is 0 Å². The quantitative estimate of drug-likeness (QED) is 0.203. The summed E-state index contributed by atoms with van der Waals surface area (Å²) in [4.78, 5) is 26.2. The molecule has 4 aromatic carbocycles. The molecule has 1 amide bonds. The monoisotopic (exact) mass is 616 g/mol. The van der Waals surface area contributed by atoms with Crippen molar-refractivity contribution in [1.82, 2.24) is 10.1 Å². The van der Waals surface area contributed by atoms with Gasteiger partial charge < -0.3 is 28.7 Å². The van der Waals surface area contributed by atoms with E-state index in [4.69, 9.17) is 28.8 Å². The van der Waals surface area contributed by atoms with E-state index in [1.54, 1.807) is 12.0 Å². The Balaban J connectivity index is 1.25. The molecule has 46 heavy (non-hydrogen) atoms. The van der Waals surface area contributed by atoms with Gasteiger partial charge in [0, 0.05) is 36.3 Å². The number of para-hydroxylation sites is 1. The van der Waals surface area contributed by atoms with Gasteiger partial charge in [-0.2, -0.15) is 4.98 Å². The van der Waals surface area contributed by atoms with Crippen molar-refractivity contribution < 1.29 is 28.6 Å². The van der Waals surface area contributed by atoms with Crippen molar-refractivity contribution in [3.05, 3.63) is 126 Å². The maximum Gasteiger partial charge on any atom is 0.260 e. The predicted octanol–water partition coefficient (Wildman–Crippen LogP) is 5.55. The molecule has 1 spiro atoms. The lowest BCUT2D eigenvalue weighted by Crippen LogP contribution is -2.55. The number of carbonyl (C=O) groups is 1. The summed E-state index contributed by atoms with van der Waals surface area (Å²) in [5.74, 6) is 2.27. The summed E-state index contributed by atoms with van der Waals surface area (Å²) in [5.41, 5.74) is 2.78. The number of aliphatic hydroxyl groups excluding tert-OH is 1. The van der Waals surface area contributed by atoms with Crippen LogP contribution in [0.25, 0.3) is 11.5 Å². The Kier molecular flexibility index (Phi) is 7.94. The molecule has 0 fully saturated rings. The fourth-order valence-electron chi connectivity index (χ4n) is 5.92. The number of methoxy groups -OCH3 is 1. The highest BCUT2D eigenvalue weighted by molar-refractivity contribution is 6.08. The Labute approximate surface area is 265 Å². The molecule has 7 rings (SSSR count). The normalized spacial score (nSPS) is 18.7. The fraction of sp³-hybridized carbons (Fsp3) is 0.222. The summed E-state index contributed by atoms with van der Waals surface area (Å²) in [6.45, 7) is 0.568. The SMILES string of the molecule is COc1ccc(-c2nc(CN3C(=O)[C@]4(Cc5ccccc53)N=C(c3ccc(OCCCO)cc3)O[C@@H]4c3ccccc3)no2)cc1. The molecule has 2 aliphatic heterocycles. The van der Waals surface area contributed by atoms with Crippen LogP contribution in [-0.2, 0) is 22.5 Å². The van der Waals surface area contributed by atoms with Gasteiger partial charge >= 0.3 is 0 Å². The van der Waals surface area contributed by atoms with Gasteiger partial charge in [-0.05, 0) is 65.7 Å². The molecule has 0 radical (unpaired) electrons. The van der Waals surface area contributed by atoms with Crippen LogP contribution in [0.2, 0.25) is 0 Å². The van der Waals surface area contributed by atoms with Crippen LogP contribution in [0.3, 0.4) is 0 Å². The number of aromatic nitrogens is 2. The minimum Gasteiger partial charge on any atom is -0.497 e. The molecule has 0 bridgehead atoms. The molecule has 3 heterocycles. The van der Waals surface area contributed by atoms with Crippen LogP contribution >= 0.6 is 0 Å². The van der Waals surface area contributed by atoms with E-state index in [1.807, 2.05) is 103 Å². The molecule has 10 heteroatoms. The van der Waals surface area contributed by atoms with Crippen molar-refractivity contribution in [3.8, 4) is 23.0 Å². The second kappa shape index (κ2) is 12.5. The van der Waals surface area contributed by atoms with Gasteiger partial charge in [0.2, 0.25) is 5.90 Å². The summed E-state index contributed by atoms with van der Waals surface area (Å²) < 4.78 is 23.2. The lowest BCUT2D eigenvalue weighted by Gasteiger charge is -2.40. The number of carbonyl (C=O) groups excluding carboxylic acids is 1. The molecule has 1 N–H and O–H groups in total. The standard InChI is InChI=1S/C36H32N4O6/c1-43-28-16-12-25(13-17-28)33-37-31(39-46-33)23-40-30-11-6-5-10-27(30)22-36(35(40)42)32(24-8-3-2-4-9-24)45-34(38-36)26-14-18-29(19-15-26)44-21-7-20-41/h2-6,8-19,32,41H,7,20-23H2,1H3/t32-,36-/m1/s1. The van der Waals surface area contributed by atoms with Gasteiger partial charge in [0.1, 0.15) is 11.5 Å².